The average molecular weight is 294 g/mol. The van der Waals surface area contributed by atoms with Crippen molar-refractivity contribution in [3.8, 4) is 0 Å². The third kappa shape index (κ3) is 2.72. The SMILES string of the molecule is CC(C)CNC1=Nc2cc(Cl)sc2S(=O)(=O)N1. The van der Waals surface area contributed by atoms with Crippen molar-refractivity contribution in [2.24, 2.45) is 10.9 Å². The summed E-state index contributed by atoms with van der Waals surface area (Å²) in [6.07, 6.45) is 0. The Bertz CT molecular complexity index is 563. The second-order valence-electron chi connectivity index (χ2n) is 4.06. The molecule has 0 aliphatic carbocycles. The highest BCUT2D eigenvalue weighted by molar-refractivity contribution is 7.92. The maximum atomic E-state index is 11.9. The fourth-order valence-electron chi connectivity index (χ4n) is 1.30. The smallest absolute Gasteiger partial charge is 0.275 e. The molecule has 0 radical (unpaired) electrons. The van der Waals surface area contributed by atoms with Gasteiger partial charge >= 0.3 is 0 Å². The molecule has 5 nitrogen and oxygen atoms in total. The van der Waals surface area contributed by atoms with Crippen LogP contribution in [0.15, 0.2) is 15.3 Å². The Morgan fingerprint density at radius 1 is 1.59 bits per heavy atom. The molecule has 94 valence electrons. The van der Waals surface area contributed by atoms with Gasteiger partial charge in [0.05, 0.1) is 4.34 Å². The molecule has 0 saturated heterocycles. The molecule has 1 aliphatic rings. The number of thiophene rings is 1. The highest BCUT2D eigenvalue weighted by Crippen LogP contribution is 2.38. The number of hydrogen-bond acceptors (Lipinski definition) is 5. The number of hydrogen-bond donors (Lipinski definition) is 2. The molecular weight excluding hydrogens is 282 g/mol. The van der Waals surface area contributed by atoms with Gasteiger partial charge in [-0.25, -0.2) is 18.1 Å². The Balaban J connectivity index is 2.32. The molecule has 2 heterocycles. The number of guanidine groups is 1. The van der Waals surface area contributed by atoms with Gasteiger partial charge in [-0.3, -0.25) is 0 Å². The van der Waals surface area contributed by atoms with Gasteiger partial charge in [-0.2, -0.15) is 0 Å². The van der Waals surface area contributed by atoms with Crippen LogP contribution >= 0.6 is 22.9 Å². The van der Waals surface area contributed by atoms with Crippen LogP contribution in [0.3, 0.4) is 0 Å². The summed E-state index contributed by atoms with van der Waals surface area (Å²) in [6.45, 7) is 4.70. The van der Waals surface area contributed by atoms with Gasteiger partial charge in [0.25, 0.3) is 10.0 Å². The molecule has 2 rings (SSSR count). The van der Waals surface area contributed by atoms with Crippen LogP contribution in [0.5, 0.6) is 0 Å². The van der Waals surface area contributed by atoms with Crippen LogP contribution in [0.2, 0.25) is 4.34 Å². The molecule has 8 heteroatoms. The van der Waals surface area contributed by atoms with Crippen LogP contribution in [0.25, 0.3) is 0 Å². The molecule has 0 unspecified atom stereocenters. The van der Waals surface area contributed by atoms with E-state index in [1.54, 1.807) is 6.07 Å². The van der Waals surface area contributed by atoms with Crippen molar-refractivity contribution in [3.05, 3.63) is 10.4 Å². The Morgan fingerprint density at radius 3 is 2.94 bits per heavy atom. The first-order valence-corrected chi connectivity index (χ1v) is 7.71. The molecule has 0 aromatic carbocycles. The van der Waals surface area contributed by atoms with Crippen molar-refractivity contribution in [1.82, 2.24) is 10.0 Å². The van der Waals surface area contributed by atoms with Crippen LogP contribution in [-0.4, -0.2) is 20.9 Å². The van der Waals surface area contributed by atoms with Crippen molar-refractivity contribution in [3.63, 3.8) is 0 Å². The molecule has 2 N–H and O–H groups in total. The van der Waals surface area contributed by atoms with Gasteiger partial charge in [-0.05, 0) is 12.0 Å². The maximum Gasteiger partial charge on any atom is 0.275 e. The Morgan fingerprint density at radius 2 is 2.29 bits per heavy atom. The zero-order valence-electron chi connectivity index (χ0n) is 9.32. The monoisotopic (exact) mass is 293 g/mol. The summed E-state index contributed by atoms with van der Waals surface area (Å²) in [7, 11) is -3.53. The lowest BCUT2D eigenvalue weighted by atomic mass is 10.2. The van der Waals surface area contributed by atoms with Gasteiger partial charge < -0.3 is 5.32 Å². The van der Waals surface area contributed by atoms with Crippen LogP contribution in [0, 0.1) is 5.92 Å². The number of rotatable bonds is 2. The molecule has 0 bridgehead atoms. The lowest BCUT2D eigenvalue weighted by Gasteiger charge is -2.17. The zero-order valence-corrected chi connectivity index (χ0v) is 11.7. The fraction of sp³-hybridized carbons (Fsp3) is 0.444. The van der Waals surface area contributed by atoms with Crippen LogP contribution in [0.4, 0.5) is 5.69 Å². The number of aliphatic imine (C=N–C) groups is 1. The molecule has 1 aliphatic heterocycles. The Hall–Kier alpha value is -0.790. The lowest BCUT2D eigenvalue weighted by molar-refractivity contribution is 0.588. The summed E-state index contributed by atoms with van der Waals surface area (Å²) in [6, 6.07) is 1.55. The summed E-state index contributed by atoms with van der Waals surface area (Å²) in [5.41, 5.74) is 0.394. The van der Waals surface area contributed by atoms with E-state index in [9.17, 15) is 8.42 Å². The first-order chi connectivity index (χ1) is 7.88. The number of nitrogens with zero attached hydrogens (tertiary/aromatic N) is 1. The van der Waals surface area contributed by atoms with E-state index >= 15 is 0 Å². The molecule has 1 aromatic rings. The summed E-state index contributed by atoms with van der Waals surface area (Å²) in [5, 5.41) is 2.95. The first kappa shape index (κ1) is 12.7. The Kier molecular flexibility index (Phi) is 3.33. The predicted molar refractivity (Wildman–Crippen MR) is 69.6 cm³/mol. The largest absolute Gasteiger partial charge is 0.355 e. The van der Waals surface area contributed by atoms with E-state index in [0.29, 0.717) is 22.5 Å². The molecule has 0 atom stereocenters. The molecule has 0 amide bonds. The number of sulfonamides is 1. The minimum Gasteiger partial charge on any atom is -0.355 e. The van der Waals surface area contributed by atoms with Gasteiger partial charge in [0.15, 0.2) is 4.21 Å². The number of halogens is 1. The van der Waals surface area contributed by atoms with Crippen LogP contribution in [0.1, 0.15) is 13.8 Å². The van der Waals surface area contributed by atoms with Crippen molar-refractivity contribution in [2.75, 3.05) is 6.54 Å². The van der Waals surface area contributed by atoms with E-state index in [0.717, 1.165) is 11.3 Å². The second-order valence-corrected chi connectivity index (χ2v) is 7.63. The molecule has 0 fully saturated rings. The van der Waals surface area contributed by atoms with Crippen molar-refractivity contribution < 1.29 is 8.42 Å². The maximum absolute atomic E-state index is 11.9. The van der Waals surface area contributed by atoms with E-state index in [-0.39, 0.29) is 10.2 Å². The van der Waals surface area contributed by atoms with E-state index in [1.807, 2.05) is 13.8 Å². The highest BCUT2D eigenvalue weighted by Gasteiger charge is 2.28. The summed E-state index contributed by atoms with van der Waals surface area (Å²) < 4.78 is 26.7. The minimum absolute atomic E-state index is 0.164. The number of nitrogens with one attached hydrogen (secondary N) is 2. The molecule has 0 saturated carbocycles. The second kappa shape index (κ2) is 4.47. The molecule has 1 aromatic heterocycles. The summed E-state index contributed by atoms with van der Waals surface area (Å²) in [4.78, 5) is 4.18. The highest BCUT2D eigenvalue weighted by atomic mass is 35.5. The van der Waals surface area contributed by atoms with Gasteiger partial charge in [0, 0.05) is 6.54 Å². The predicted octanol–water partition coefficient (Wildman–Crippen LogP) is 1.93. The third-order valence-electron chi connectivity index (χ3n) is 2.03. The quantitative estimate of drug-likeness (QED) is 0.875. The standard InChI is InChI=1S/C9H12ClN3O2S2/c1-5(2)4-11-9-12-6-3-7(10)16-8(6)17(14,15)13-9/h3,5H,4H2,1-2H3,(H2,11,12,13). The topological polar surface area (TPSA) is 70.6 Å². The zero-order chi connectivity index (χ0) is 12.6. The average Bonchev–Trinajstić information content (AvgIpc) is 2.56. The van der Waals surface area contributed by atoms with E-state index in [2.05, 4.69) is 15.0 Å². The van der Waals surface area contributed by atoms with E-state index in [1.165, 1.54) is 0 Å². The van der Waals surface area contributed by atoms with Crippen molar-refractivity contribution >= 4 is 44.6 Å². The van der Waals surface area contributed by atoms with Gasteiger partial charge in [0.2, 0.25) is 5.96 Å². The molecular formula is C9H12ClN3O2S2. The van der Waals surface area contributed by atoms with Gasteiger partial charge in [0.1, 0.15) is 5.69 Å². The normalized spacial score (nSPS) is 17.3. The van der Waals surface area contributed by atoms with Crippen LogP contribution in [-0.2, 0) is 10.0 Å². The summed E-state index contributed by atoms with van der Waals surface area (Å²) >= 11 is 6.79. The van der Waals surface area contributed by atoms with E-state index in [4.69, 9.17) is 11.6 Å². The first-order valence-electron chi connectivity index (χ1n) is 5.03. The number of fused-ring (bicyclic) bond motifs is 1. The van der Waals surface area contributed by atoms with Crippen molar-refractivity contribution in [2.45, 2.75) is 18.1 Å². The molecule has 17 heavy (non-hydrogen) atoms. The summed E-state index contributed by atoms with van der Waals surface area (Å²) in [5.74, 6) is 0.648. The van der Waals surface area contributed by atoms with Gasteiger partial charge in [-0.1, -0.05) is 25.4 Å². The van der Waals surface area contributed by atoms with E-state index < -0.39 is 10.0 Å². The minimum atomic E-state index is -3.53. The third-order valence-corrected chi connectivity index (χ3v) is 5.15. The lowest BCUT2D eigenvalue weighted by Crippen LogP contribution is -2.43. The fourth-order valence-corrected chi connectivity index (χ4v) is 4.01. The van der Waals surface area contributed by atoms with Crippen molar-refractivity contribution in [1.29, 1.82) is 0 Å². The molecule has 0 spiro atoms. The Labute approximate surface area is 109 Å². The van der Waals surface area contributed by atoms with Crippen LogP contribution < -0.4 is 10.0 Å². The van der Waals surface area contributed by atoms with Gasteiger partial charge in [-0.15, -0.1) is 11.3 Å².